The van der Waals surface area contributed by atoms with Crippen molar-refractivity contribution in [2.75, 3.05) is 31.1 Å². The number of furan rings is 1. The molecule has 3 heterocycles. The average Bonchev–Trinajstić information content (AvgIpc) is 3.42. The molecule has 0 saturated carbocycles. The Bertz CT molecular complexity index is 961. The van der Waals surface area contributed by atoms with E-state index in [4.69, 9.17) is 4.42 Å². The summed E-state index contributed by atoms with van der Waals surface area (Å²) in [6.45, 7) is 3.32. The van der Waals surface area contributed by atoms with Crippen LogP contribution in [0.2, 0.25) is 0 Å². The Hall–Kier alpha value is -2.87. The van der Waals surface area contributed by atoms with Crippen molar-refractivity contribution in [3.63, 3.8) is 0 Å². The van der Waals surface area contributed by atoms with Gasteiger partial charge in [0.05, 0.1) is 17.5 Å². The van der Waals surface area contributed by atoms with Crippen molar-refractivity contribution in [3.05, 3.63) is 48.4 Å². The summed E-state index contributed by atoms with van der Waals surface area (Å²) in [5.74, 6) is 1.80. The summed E-state index contributed by atoms with van der Waals surface area (Å²) < 4.78 is 11.0. The van der Waals surface area contributed by atoms with Crippen LogP contribution in [-0.2, 0) is 16.1 Å². The summed E-state index contributed by atoms with van der Waals surface area (Å²) in [6, 6.07) is 11.8. The van der Waals surface area contributed by atoms with Crippen LogP contribution in [0.4, 0.5) is 5.82 Å². The van der Waals surface area contributed by atoms with Crippen molar-refractivity contribution in [1.82, 2.24) is 14.6 Å². The van der Waals surface area contributed by atoms with E-state index in [1.807, 2.05) is 23.1 Å². The van der Waals surface area contributed by atoms with Gasteiger partial charge in [0, 0.05) is 44.4 Å². The molecule has 0 radical (unpaired) electrons. The molecule has 0 aliphatic carbocycles. The van der Waals surface area contributed by atoms with Gasteiger partial charge in [-0.3, -0.25) is 9.59 Å². The lowest BCUT2D eigenvalue weighted by atomic mass is 10.2. The fourth-order valence-corrected chi connectivity index (χ4v) is 4.31. The molecule has 1 saturated heterocycles. The maximum absolute atomic E-state index is 12.5. The highest BCUT2D eigenvalue weighted by molar-refractivity contribution is 7.13. The second-order valence-corrected chi connectivity index (χ2v) is 7.88. The number of benzene rings is 1. The van der Waals surface area contributed by atoms with Crippen LogP contribution < -0.4 is 10.2 Å². The predicted molar refractivity (Wildman–Crippen MR) is 113 cm³/mol. The molecule has 0 atom stereocenters. The van der Waals surface area contributed by atoms with Gasteiger partial charge in [-0.05, 0) is 42.2 Å². The zero-order chi connectivity index (χ0) is 20.1. The molecule has 8 heteroatoms. The average molecular weight is 413 g/mol. The Morgan fingerprint density at radius 1 is 1.07 bits per heavy atom. The van der Waals surface area contributed by atoms with Crippen LogP contribution in [0.15, 0.2) is 47.1 Å². The molecule has 1 fully saturated rings. The minimum absolute atomic E-state index is 0.0607. The molecule has 0 spiro atoms. The molecule has 2 amide bonds. The summed E-state index contributed by atoms with van der Waals surface area (Å²) >= 11 is 1.52. The van der Waals surface area contributed by atoms with Crippen LogP contribution in [0.1, 0.15) is 25.0 Å². The number of carbonyl (C=O) groups is 2. The molecule has 2 aromatic heterocycles. The molecule has 1 aromatic carbocycles. The highest BCUT2D eigenvalue weighted by atomic mass is 32.1. The molecule has 1 aliphatic heterocycles. The fraction of sp³-hybridized carbons (Fsp3) is 0.381. The van der Waals surface area contributed by atoms with Gasteiger partial charge >= 0.3 is 0 Å². The SMILES string of the molecule is O=C(CCCC(=O)N1CCN(c2nsc3ccccc23)CC1)NCc1ccco1. The molecule has 152 valence electrons. The third kappa shape index (κ3) is 4.76. The largest absolute Gasteiger partial charge is 0.467 e. The highest BCUT2D eigenvalue weighted by Gasteiger charge is 2.23. The van der Waals surface area contributed by atoms with E-state index in [0.29, 0.717) is 38.9 Å². The quantitative estimate of drug-likeness (QED) is 0.645. The second kappa shape index (κ2) is 9.09. The number of nitrogens with zero attached hydrogens (tertiary/aromatic N) is 3. The first-order valence-electron chi connectivity index (χ1n) is 9.87. The molecule has 4 rings (SSSR count). The molecule has 0 bridgehead atoms. The van der Waals surface area contributed by atoms with Gasteiger partial charge in [-0.15, -0.1) is 0 Å². The van der Waals surface area contributed by atoms with Gasteiger partial charge in [-0.25, -0.2) is 0 Å². The fourth-order valence-electron chi connectivity index (χ4n) is 3.51. The Morgan fingerprint density at radius 2 is 1.90 bits per heavy atom. The highest BCUT2D eigenvalue weighted by Crippen LogP contribution is 2.29. The molecular weight excluding hydrogens is 388 g/mol. The summed E-state index contributed by atoms with van der Waals surface area (Å²) in [5.41, 5.74) is 0. The number of rotatable bonds is 7. The zero-order valence-corrected chi connectivity index (χ0v) is 17.0. The van der Waals surface area contributed by atoms with E-state index < -0.39 is 0 Å². The number of aromatic nitrogens is 1. The number of piperazine rings is 1. The minimum atomic E-state index is -0.0607. The lowest BCUT2D eigenvalue weighted by molar-refractivity contribution is -0.131. The van der Waals surface area contributed by atoms with Crippen molar-refractivity contribution < 1.29 is 14.0 Å². The third-order valence-corrected chi connectivity index (χ3v) is 5.94. The van der Waals surface area contributed by atoms with Gasteiger partial charge in [0.25, 0.3) is 0 Å². The van der Waals surface area contributed by atoms with Gasteiger partial charge in [0.15, 0.2) is 0 Å². The third-order valence-electron chi connectivity index (χ3n) is 5.12. The summed E-state index contributed by atoms with van der Waals surface area (Å²) in [7, 11) is 0. The second-order valence-electron chi connectivity index (χ2n) is 7.08. The first-order valence-corrected chi connectivity index (χ1v) is 10.6. The van der Waals surface area contributed by atoms with Crippen LogP contribution in [0.3, 0.4) is 0 Å². The van der Waals surface area contributed by atoms with Gasteiger partial charge in [-0.1, -0.05) is 12.1 Å². The number of anilines is 1. The van der Waals surface area contributed by atoms with E-state index in [-0.39, 0.29) is 11.8 Å². The van der Waals surface area contributed by atoms with Gasteiger partial charge in [0.1, 0.15) is 11.6 Å². The molecule has 1 N–H and O–H groups in total. The van der Waals surface area contributed by atoms with E-state index in [1.54, 1.807) is 12.3 Å². The van der Waals surface area contributed by atoms with E-state index in [1.165, 1.54) is 21.6 Å². The van der Waals surface area contributed by atoms with Gasteiger partial charge in [-0.2, -0.15) is 4.37 Å². The van der Waals surface area contributed by atoms with Gasteiger partial charge < -0.3 is 19.5 Å². The van der Waals surface area contributed by atoms with E-state index in [9.17, 15) is 9.59 Å². The smallest absolute Gasteiger partial charge is 0.222 e. The first kappa shape index (κ1) is 19.4. The van der Waals surface area contributed by atoms with E-state index >= 15 is 0 Å². The molecular formula is C21H24N4O3S. The van der Waals surface area contributed by atoms with Crippen LogP contribution in [0.25, 0.3) is 10.1 Å². The lowest BCUT2D eigenvalue weighted by Gasteiger charge is -2.35. The summed E-state index contributed by atoms with van der Waals surface area (Å²) in [6.07, 6.45) is 2.88. The Labute approximate surface area is 173 Å². The number of amides is 2. The maximum Gasteiger partial charge on any atom is 0.222 e. The van der Waals surface area contributed by atoms with Gasteiger partial charge in [0.2, 0.25) is 11.8 Å². The minimum Gasteiger partial charge on any atom is -0.467 e. The zero-order valence-electron chi connectivity index (χ0n) is 16.2. The predicted octanol–water partition coefficient (Wildman–Crippen LogP) is 3.02. The Balaban J connectivity index is 1.18. The molecule has 29 heavy (non-hydrogen) atoms. The normalized spacial score (nSPS) is 14.3. The number of fused-ring (bicyclic) bond motifs is 1. The van der Waals surface area contributed by atoms with Crippen molar-refractivity contribution in [2.24, 2.45) is 0 Å². The van der Waals surface area contributed by atoms with Crippen LogP contribution in [0, 0.1) is 0 Å². The number of carbonyl (C=O) groups excluding carboxylic acids is 2. The molecule has 3 aromatic rings. The Kier molecular flexibility index (Phi) is 6.09. The van der Waals surface area contributed by atoms with E-state index in [0.717, 1.165) is 24.7 Å². The number of hydrogen-bond acceptors (Lipinski definition) is 6. The van der Waals surface area contributed by atoms with Crippen LogP contribution in [0.5, 0.6) is 0 Å². The topological polar surface area (TPSA) is 78.7 Å². The monoisotopic (exact) mass is 412 g/mol. The van der Waals surface area contributed by atoms with Crippen molar-refractivity contribution in [2.45, 2.75) is 25.8 Å². The van der Waals surface area contributed by atoms with E-state index in [2.05, 4.69) is 26.7 Å². The summed E-state index contributed by atoms with van der Waals surface area (Å²) in [4.78, 5) is 28.5. The van der Waals surface area contributed by atoms with Crippen molar-refractivity contribution >= 4 is 39.3 Å². The molecule has 7 nitrogen and oxygen atoms in total. The van der Waals surface area contributed by atoms with Crippen molar-refractivity contribution in [3.8, 4) is 0 Å². The molecule has 0 unspecified atom stereocenters. The molecule has 1 aliphatic rings. The van der Waals surface area contributed by atoms with Crippen LogP contribution in [-0.4, -0.2) is 47.3 Å². The first-order chi connectivity index (χ1) is 14.2. The summed E-state index contributed by atoms with van der Waals surface area (Å²) in [5, 5.41) is 3.98. The Morgan fingerprint density at radius 3 is 2.69 bits per heavy atom. The van der Waals surface area contributed by atoms with Crippen molar-refractivity contribution in [1.29, 1.82) is 0 Å². The standard InChI is InChI=1S/C21H24N4O3S/c26-19(22-15-16-5-4-14-28-16)8-3-9-20(27)24-10-12-25(13-11-24)21-17-6-1-2-7-18(17)29-23-21/h1-2,4-7,14H,3,8-13,15H2,(H,22,26). The number of hydrogen-bond donors (Lipinski definition) is 1. The van der Waals surface area contributed by atoms with Crippen LogP contribution >= 0.6 is 11.5 Å². The lowest BCUT2D eigenvalue weighted by Crippen LogP contribution is -2.48. The number of nitrogens with one attached hydrogen (secondary N) is 1. The maximum atomic E-state index is 12.5.